The van der Waals surface area contributed by atoms with Gasteiger partial charge in [-0.25, -0.2) is 0 Å². The predicted octanol–water partition coefficient (Wildman–Crippen LogP) is 4.19. The molecule has 0 spiro atoms. The Morgan fingerprint density at radius 3 is 2.00 bits per heavy atom. The summed E-state index contributed by atoms with van der Waals surface area (Å²) in [4.78, 5) is 29.2. The molecule has 1 fully saturated rings. The largest absolute Gasteiger partial charge is 0.497 e. The maximum Gasteiger partial charge on any atom is 0.253 e. The molecule has 1 aliphatic rings. The van der Waals surface area contributed by atoms with Crippen LogP contribution in [-0.2, 0) is 17.8 Å². The number of benzene rings is 3. The highest BCUT2D eigenvalue weighted by atomic mass is 16.5. The van der Waals surface area contributed by atoms with Crippen molar-refractivity contribution < 1.29 is 19.1 Å². The fourth-order valence-corrected chi connectivity index (χ4v) is 3.98. The van der Waals surface area contributed by atoms with Crippen molar-refractivity contribution in [2.75, 3.05) is 33.3 Å². The van der Waals surface area contributed by atoms with Gasteiger partial charge in [0.1, 0.15) is 18.1 Å². The zero-order valence-electron chi connectivity index (χ0n) is 19.5. The highest BCUT2D eigenvalue weighted by molar-refractivity contribution is 5.94. The lowest BCUT2D eigenvalue weighted by Crippen LogP contribution is -2.50. The maximum absolute atomic E-state index is 12.9. The number of carbonyl (C=O) groups excluding carboxylic acids is 2. The van der Waals surface area contributed by atoms with Gasteiger partial charge < -0.3 is 19.3 Å². The summed E-state index contributed by atoms with van der Waals surface area (Å²) < 4.78 is 11.0. The van der Waals surface area contributed by atoms with Crippen molar-refractivity contribution in [3.05, 3.63) is 95.6 Å². The lowest BCUT2D eigenvalue weighted by atomic mass is 10.1. The van der Waals surface area contributed by atoms with Gasteiger partial charge in [0.2, 0.25) is 5.91 Å². The molecular formula is C28H30N2O4. The molecule has 176 valence electrons. The van der Waals surface area contributed by atoms with Gasteiger partial charge in [-0.1, -0.05) is 42.5 Å². The van der Waals surface area contributed by atoms with Gasteiger partial charge in [0.25, 0.3) is 5.91 Å². The summed E-state index contributed by atoms with van der Waals surface area (Å²) >= 11 is 0. The van der Waals surface area contributed by atoms with Gasteiger partial charge in [0, 0.05) is 38.2 Å². The van der Waals surface area contributed by atoms with Crippen molar-refractivity contribution in [2.45, 2.75) is 19.4 Å². The summed E-state index contributed by atoms with van der Waals surface area (Å²) in [7, 11) is 1.64. The summed E-state index contributed by atoms with van der Waals surface area (Å²) in [5.41, 5.74) is 2.84. The summed E-state index contributed by atoms with van der Waals surface area (Å²) in [6.07, 6.45) is 1.16. The van der Waals surface area contributed by atoms with Crippen molar-refractivity contribution in [2.24, 2.45) is 0 Å². The Morgan fingerprint density at radius 1 is 0.735 bits per heavy atom. The van der Waals surface area contributed by atoms with E-state index in [0.29, 0.717) is 51.2 Å². The molecule has 1 heterocycles. The van der Waals surface area contributed by atoms with E-state index in [0.717, 1.165) is 22.6 Å². The van der Waals surface area contributed by atoms with Crippen LogP contribution in [0.15, 0.2) is 78.9 Å². The van der Waals surface area contributed by atoms with Crippen molar-refractivity contribution >= 4 is 11.8 Å². The molecule has 0 atom stereocenters. The van der Waals surface area contributed by atoms with E-state index < -0.39 is 0 Å². The zero-order chi connectivity index (χ0) is 23.8. The molecule has 0 saturated carbocycles. The number of carbonyl (C=O) groups is 2. The van der Waals surface area contributed by atoms with Gasteiger partial charge in [-0.05, 0) is 53.9 Å². The third-order valence-corrected chi connectivity index (χ3v) is 6.06. The molecule has 1 saturated heterocycles. The van der Waals surface area contributed by atoms with Crippen LogP contribution in [-0.4, -0.2) is 54.9 Å². The molecule has 3 aromatic carbocycles. The first-order valence-corrected chi connectivity index (χ1v) is 11.6. The van der Waals surface area contributed by atoms with Gasteiger partial charge in [-0.15, -0.1) is 0 Å². The molecule has 3 aromatic rings. The minimum atomic E-state index is -0.0139. The van der Waals surface area contributed by atoms with E-state index in [9.17, 15) is 9.59 Å². The molecule has 0 radical (unpaired) electrons. The van der Waals surface area contributed by atoms with Crippen LogP contribution in [0.2, 0.25) is 0 Å². The van der Waals surface area contributed by atoms with E-state index in [1.807, 2.05) is 76.5 Å². The third-order valence-electron chi connectivity index (χ3n) is 6.06. The Hall–Kier alpha value is -3.80. The van der Waals surface area contributed by atoms with Gasteiger partial charge in [0.05, 0.1) is 7.11 Å². The fourth-order valence-electron chi connectivity index (χ4n) is 3.98. The van der Waals surface area contributed by atoms with E-state index in [4.69, 9.17) is 9.47 Å². The van der Waals surface area contributed by atoms with E-state index in [2.05, 4.69) is 0 Å². The first-order chi connectivity index (χ1) is 16.6. The molecule has 0 N–H and O–H groups in total. The summed E-state index contributed by atoms with van der Waals surface area (Å²) in [5.74, 6) is 1.65. The second-order valence-corrected chi connectivity index (χ2v) is 8.32. The van der Waals surface area contributed by atoms with Gasteiger partial charge in [-0.2, -0.15) is 0 Å². The van der Waals surface area contributed by atoms with Crippen LogP contribution in [0.3, 0.4) is 0 Å². The number of ether oxygens (including phenoxy) is 2. The number of nitrogens with zero attached hydrogens (tertiary/aromatic N) is 2. The number of hydrogen-bond donors (Lipinski definition) is 0. The minimum absolute atomic E-state index is 0.0139. The number of methoxy groups -OCH3 is 1. The van der Waals surface area contributed by atoms with Crippen molar-refractivity contribution in [1.82, 2.24) is 9.80 Å². The standard InChI is InChI=1S/C28H30N2O4/c1-33-25-12-7-22(8-13-25)9-16-27(31)29-17-19-30(20-18-29)28(32)24-10-14-26(15-11-24)34-21-23-5-3-2-4-6-23/h2-8,10-15H,9,16-21H2,1H3. The summed E-state index contributed by atoms with van der Waals surface area (Å²) in [5, 5.41) is 0. The first-order valence-electron chi connectivity index (χ1n) is 11.6. The van der Waals surface area contributed by atoms with Crippen molar-refractivity contribution in [3.8, 4) is 11.5 Å². The molecule has 34 heavy (non-hydrogen) atoms. The number of piperazine rings is 1. The highest BCUT2D eigenvalue weighted by Crippen LogP contribution is 2.17. The molecule has 6 nitrogen and oxygen atoms in total. The van der Waals surface area contributed by atoms with Gasteiger partial charge in [0.15, 0.2) is 0 Å². The molecule has 0 unspecified atom stereocenters. The smallest absolute Gasteiger partial charge is 0.253 e. The molecule has 1 aliphatic heterocycles. The Balaban J connectivity index is 1.22. The molecule has 0 bridgehead atoms. The fraction of sp³-hybridized carbons (Fsp3) is 0.286. The number of amides is 2. The predicted molar refractivity (Wildman–Crippen MR) is 131 cm³/mol. The molecular weight excluding hydrogens is 428 g/mol. The Bertz CT molecular complexity index is 1070. The molecule has 6 heteroatoms. The number of hydrogen-bond acceptors (Lipinski definition) is 4. The summed E-state index contributed by atoms with van der Waals surface area (Å²) in [6, 6.07) is 25.0. The van der Waals surface area contributed by atoms with E-state index in [1.165, 1.54) is 0 Å². The molecule has 0 aliphatic carbocycles. The second kappa shape index (κ2) is 11.4. The number of rotatable bonds is 8. The second-order valence-electron chi connectivity index (χ2n) is 8.32. The number of aryl methyl sites for hydroxylation is 1. The Kier molecular flexibility index (Phi) is 7.81. The normalized spacial score (nSPS) is 13.4. The monoisotopic (exact) mass is 458 g/mol. The van der Waals surface area contributed by atoms with E-state index >= 15 is 0 Å². The highest BCUT2D eigenvalue weighted by Gasteiger charge is 2.24. The summed E-state index contributed by atoms with van der Waals surface area (Å²) in [6.45, 7) is 2.69. The average Bonchev–Trinajstić information content (AvgIpc) is 2.91. The first kappa shape index (κ1) is 23.4. The third kappa shape index (κ3) is 6.16. The van der Waals surface area contributed by atoms with Crippen LogP contribution in [0.1, 0.15) is 27.9 Å². The average molecular weight is 459 g/mol. The van der Waals surface area contributed by atoms with Crippen molar-refractivity contribution in [3.63, 3.8) is 0 Å². The maximum atomic E-state index is 12.9. The van der Waals surface area contributed by atoms with E-state index in [1.54, 1.807) is 19.2 Å². The van der Waals surface area contributed by atoms with Crippen molar-refractivity contribution in [1.29, 1.82) is 0 Å². The van der Waals surface area contributed by atoms with Crippen LogP contribution in [0, 0.1) is 0 Å². The lowest BCUT2D eigenvalue weighted by molar-refractivity contribution is -0.132. The zero-order valence-corrected chi connectivity index (χ0v) is 19.5. The lowest BCUT2D eigenvalue weighted by Gasteiger charge is -2.35. The van der Waals surface area contributed by atoms with Gasteiger partial charge >= 0.3 is 0 Å². The molecule has 2 amide bonds. The Morgan fingerprint density at radius 2 is 1.35 bits per heavy atom. The topological polar surface area (TPSA) is 59.1 Å². The van der Waals surface area contributed by atoms with Crippen LogP contribution in [0.25, 0.3) is 0 Å². The van der Waals surface area contributed by atoms with Crippen LogP contribution in [0.5, 0.6) is 11.5 Å². The minimum Gasteiger partial charge on any atom is -0.497 e. The molecule has 0 aromatic heterocycles. The SMILES string of the molecule is COc1ccc(CCC(=O)N2CCN(C(=O)c3ccc(OCc4ccccc4)cc3)CC2)cc1. The van der Waals surface area contributed by atoms with Crippen LogP contribution in [0.4, 0.5) is 0 Å². The van der Waals surface area contributed by atoms with Gasteiger partial charge in [-0.3, -0.25) is 9.59 Å². The quantitative estimate of drug-likeness (QED) is 0.508. The van der Waals surface area contributed by atoms with E-state index in [-0.39, 0.29) is 11.8 Å². The Labute approximate surface area is 200 Å². The van der Waals surface area contributed by atoms with Crippen LogP contribution >= 0.6 is 0 Å². The molecule has 4 rings (SSSR count). The van der Waals surface area contributed by atoms with Crippen LogP contribution < -0.4 is 9.47 Å².